The zero-order valence-corrected chi connectivity index (χ0v) is 16.6. The summed E-state index contributed by atoms with van der Waals surface area (Å²) in [6.45, 7) is 0. The number of aliphatic hydroxyl groups excluding tert-OH is 1. The molecule has 1 aromatic heterocycles. The predicted molar refractivity (Wildman–Crippen MR) is 106 cm³/mol. The van der Waals surface area contributed by atoms with Crippen molar-refractivity contribution in [2.24, 2.45) is 0 Å². The van der Waals surface area contributed by atoms with Gasteiger partial charge in [0.1, 0.15) is 5.69 Å². The van der Waals surface area contributed by atoms with E-state index in [-0.39, 0.29) is 5.69 Å². The van der Waals surface area contributed by atoms with E-state index in [0.717, 1.165) is 16.0 Å². The molecular formula is C20H16ClF3N3O3+. The van der Waals surface area contributed by atoms with Gasteiger partial charge in [-0.3, -0.25) is 4.98 Å². The number of hydrogen-bond acceptors (Lipinski definition) is 5. The Kier molecular flexibility index (Phi) is 5.84. The highest BCUT2D eigenvalue weighted by Gasteiger charge is 2.43. The minimum Gasteiger partial charge on any atom is -0.476 e. The van der Waals surface area contributed by atoms with Gasteiger partial charge < -0.3 is 10.0 Å². The predicted octanol–water partition coefficient (Wildman–Crippen LogP) is 4.31. The van der Waals surface area contributed by atoms with Crippen LogP contribution in [-0.2, 0) is 15.8 Å². The number of aliphatic hydroxyl groups is 1. The van der Waals surface area contributed by atoms with Gasteiger partial charge in [-0.1, -0.05) is 23.7 Å². The minimum atomic E-state index is -4.64. The summed E-state index contributed by atoms with van der Waals surface area (Å²) in [6, 6.07) is 8.21. The standard InChI is InChI=1S/C20H15ClF3N3O3/c1-26(2)14-7-5-12(6-8-14)4-3-9-27-18(28)16(19(29)30-27)17-15(21)10-13(11-25-17)20(22,23)24/h3-11H,1-2H3/p+1. The molecule has 0 bridgehead atoms. The van der Waals surface area contributed by atoms with E-state index in [1.165, 1.54) is 12.3 Å². The first-order chi connectivity index (χ1) is 14.1. The van der Waals surface area contributed by atoms with Crippen molar-refractivity contribution in [3.05, 3.63) is 70.4 Å². The highest BCUT2D eigenvalue weighted by atomic mass is 35.5. The fourth-order valence-electron chi connectivity index (χ4n) is 2.58. The van der Waals surface area contributed by atoms with Crippen LogP contribution >= 0.6 is 11.6 Å². The van der Waals surface area contributed by atoms with Crippen LogP contribution in [0.1, 0.15) is 16.8 Å². The lowest BCUT2D eigenvalue weighted by atomic mass is 10.1. The summed E-state index contributed by atoms with van der Waals surface area (Å²) in [4.78, 5) is 23.0. The molecule has 2 aromatic rings. The zero-order valence-electron chi connectivity index (χ0n) is 15.8. The van der Waals surface area contributed by atoms with Crippen LogP contribution in [0.5, 0.6) is 0 Å². The number of amides is 1. The van der Waals surface area contributed by atoms with E-state index in [0.29, 0.717) is 12.3 Å². The van der Waals surface area contributed by atoms with Gasteiger partial charge in [0.2, 0.25) is 11.8 Å². The largest absolute Gasteiger partial charge is 0.476 e. The van der Waals surface area contributed by atoms with Gasteiger partial charge in [0.05, 0.1) is 15.3 Å². The summed E-state index contributed by atoms with van der Waals surface area (Å²) in [5.41, 5.74) is 0.0524. The molecule has 156 valence electrons. The second kappa shape index (κ2) is 8.19. The normalized spacial score (nSPS) is 15.9. The Labute approximate surface area is 174 Å². The van der Waals surface area contributed by atoms with Gasteiger partial charge in [0.15, 0.2) is 0 Å². The third-order valence-electron chi connectivity index (χ3n) is 4.14. The molecule has 1 aromatic carbocycles. The number of aromatic nitrogens is 1. The highest BCUT2D eigenvalue weighted by Crippen LogP contribution is 2.34. The molecule has 0 radical (unpaired) electrons. The quantitative estimate of drug-likeness (QED) is 0.720. The summed E-state index contributed by atoms with van der Waals surface area (Å²) in [5.74, 6) is -1.64. The molecule has 1 amide bonds. The number of nitrogens with zero attached hydrogens (tertiary/aromatic N) is 3. The molecule has 1 aliphatic heterocycles. The van der Waals surface area contributed by atoms with Gasteiger partial charge in [-0.25, -0.2) is 4.79 Å². The third-order valence-corrected chi connectivity index (χ3v) is 4.43. The lowest BCUT2D eigenvalue weighted by molar-refractivity contribution is -0.698. The Morgan fingerprint density at radius 2 is 1.90 bits per heavy atom. The molecule has 3 rings (SSSR count). The number of pyridine rings is 1. The number of halogens is 4. The Morgan fingerprint density at radius 1 is 1.23 bits per heavy atom. The van der Waals surface area contributed by atoms with Gasteiger partial charge in [0, 0.05) is 32.1 Å². The van der Waals surface area contributed by atoms with Gasteiger partial charge in [-0.05, 0) is 29.8 Å². The van der Waals surface area contributed by atoms with Crippen molar-refractivity contribution in [3.63, 3.8) is 0 Å². The molecule has 0 saturated carbocycles. The van der Waals surface area contributed by atoms with Crippen molar-refractivity contribution in [1.29, 1.82) is 0 Å². The van der Waals surface area contributed by atoms with Crippen LogP contribution in [0.4, 0.5) is 18.9 Å². The number of benzene rings is 1. The van der Waals surface area contributed by atoms with Crippen molar-refractivity contribution in [3.8, 4) is 0 Å². The van der Waals surface area contributed by atoms with Crippen molar-refractivity contribution in [2.75, 3.05) is 19.0 Å². The molecule has 30 heavy (non-hydrogen) atoms. The van der Waals surface area contributed by atoms with Crippen LogP contribution in [-0.4, -0.2) is 41.0 Å². The number of hydroxylamine groups is 1. The monoisotopic (exact) mass is 438 g/mol. The molecule has 0 spiro atoms. The van der Waals surface area contributed by atoms with Crippen molar-refractivity contribution in [2.45, 2.75) is 6.18 Å². The maximum atomic E-state index is 12.8. The van der Waals surface area contributed by atoms with Crippen LogP contribution in [0.15, 0.2) is 48.5 Å². The molecule has 0 unspecified atom stereocenters. The van der Waals surface area contributed by atoms with Gasteiger partial charge >= 0.3 is 18.0 Å². The average molecular weight is 439 g/mol. The maximum absolute atomic E-state index is 12.8. The average Bonchev–Trinajstić information content (AvgIpc) is 2.95. The number of hydrogen-bond donors (Lipinski definition) is 1. The van der Waals surface area contributed by atoms with E-state index in [1.807, 2.05) is 43.3 Å². The smallest absolute Gasteiger partial charge is 0.476 e. The topological polar surface area (TPSA) is 65.7 Å². The van der Waals surface area contributed by atoms with Gasteiger partial charge in [-0.2, -0.15) is 18.0 Å². The molecule has 0 fully saturated rings. The number of anilines is 1. The lowest BCUT2D eigenvalue weighted by Gasteiger charge is -2.11. The van der Waals surface area contributed by atoms with Crippen molar-refractivity contribution in [1.82, 2.24) is 4.98 Å². The number of allylic oxidation sites excluding steroid dienone is 1. The summed E-state index contributed by atoms with van der Waals surface area (Å²) in [6.07, 6.45) is 0.355. The molecular weight excluding hydrogens is 423 g/mol. The van der Waals surface area contributed by atoms with Crippen LogP contribution < -0.4 is 4.90 Å². The number of carbonyl (C=O) groups is 1. The highest BCUT2D eigenvalue weighted by molar-refractivity contribution is 6.34. The molecule has 0 aliphatic carbocycles. The van der Waals surface area contributed by atoms with E-state index < -0.39 is 34.2 Å². The molecule has 6 nitrogen and oxygen atoms in total. The summed E-state index contributed by atoms with van der Waals surface area (Å²) < 4.78 is 39.0. The Bertz CT molecular complexity index is 1070. The Morgan fingerprint density at radius 3 is 2.47 bits per heavy atom. The van der Waals surface area contributed by atoms with Gasteiger partial charge in [-0.15, -0.1) is 0 Å². The van der Waals surface area contributed by atoms with E-state index in [2.05, 4.69) is 4.98 Å². The second-order valence-electron chi connectivity index (χ2n) is 6.45. The first-order valence-electron chi connectivity index (χ1n) is 8.54. The first kappa shape index (κ1) is 21.4. The van der Waals surface area contributed by atoms with E-state index in [9.17, 15) is 23.1 Å². The molecule has 2 heterocycles. The number of rotatable bonds is 4. The Hall–Kier alpha value is -3.33. The fourth-order valence-corrected chi connectivity index (χ4v) is 2.84. The molecule has 0 atom stereocenters. The van der Waals surface area contributed by atoms with Crippen LogP contribution in [0.3, 0.4) is 0 Å². The summed E-state index contributed by atoms with van der Waals surface area (Å²) in [5, 5.41) is 9.52. The number of alkyl halides is 3. The zero-order chi connectivity index (χ0) is 22.1. The minimum absolute atomic E-state index is 0.314. The second-order valence-corrected chi connectivity index (χ2v) is 6.86. The van der Waals surface area contributed by atoms with E-state index in [4.69, 9.17) is 16.4 Å². The van der Waals surface area contributed by atoms with Gasteiger partial charge in [0.25, 0.3) is 0 Å². The molecule has 1 N–H and O–H groups in total. The molecule has 10 heteroatoms. The fraction of sp³-hybridized carbons (Fsp3) is 0.150. The van der Waals surface area contributed by atoms with E-state index in [1.54, 1.807) is 6.08 Å². The maximum Gasteiger partial charge on any atom is 0.476 e. The van der Waals surface area contributed by atoms with Crippen molar-refractivity contribution < 1.29 is 32.6 Å². The van der Waals surface area contributed by atoms with Crippen LogP contribution in [0, 0.1) is 0 Å². The number of carbonyl (C=O) groups excluding carboxylic acids is 1. The third kappa shape index (κ3) is 4.46. The lowest BCUT2D eigenvalue weighted by Crippen LogP contribution is -2.16. The first-order valence-corrected chi connectivity index (χ1v) is 8.92. The van der Waals surface area contributed by atoms with Crippen LogP contribution in [0.2, 0.25) is 5.02 Å². The molecule has 1 aliphatic rings. The van der Waals surface area contributed by atoms with Crippen molar-refractivity contribution >= 4 is 41.1 Å². The summed E-state index contributed by atoms with van der Waals surface area (Å²) >= 11 is 5.85. The van der Waals surface area contributed by atoms with Crippen LogP contribution in [0.25, 0.3) is 11.6 Å². The summed E-state index contributed by atoms with van der Waals surface area (Å²) in [7, 11) is 3.84. The molecule has 0 saturated heterocycles. The Balaban J connectivity index is 1.80. The van der Waals surface area contributed by atoms with E-state index >= 15 is 0 Å². The SMILES string of the molecule is CN(C)c1ccc(C=CC=[N+]2OC(O)=C(c3ncc(C(F)(F)F)cc3Cl)C2=O)cc1.